The number of carbonyl (C=O) groups is 1. The van der Waals surface area contributed by atoms with Crippen LogP contribution in [0.5, 0.6) is 5.75 Å². The summed E-state index contributed by atoms with van der Waals surface area (Å²) >= 11 is 0. The molecule has 1 aromatic carbocycles. The van der Waals surface area contributed by atoms with Crippen molar-refractivity contribution in [2.45, 2.75) is 13.0 Å². The summed E-state index contributed by atoms with van der Waals surface area (Å²) in [5, 5.41) is 4.25. The third-order valence-corrected chi connectivity index (χ3v) is 3.49. The molecule has 0 spiro atoms. The molecule has 7 heteroatoms. The van der Waals surface area contributed by atoms with Gasteiger partial charge in [-0.15, -0.1) is 0 Å². The highest BCUT2D eigenvalue weighted by atomic mass is 19.1. The largest absolute Gasteiger partial charge is 0.494 e. The first-order valence-electron chi connectivity index (χ1n) is 6.89. The number of rotatable bonds is 3. The van der Waals surface area contributed by atoms with Gasteiger partial charge in [-0.1, -0.05) is 0 Å². The molecule has 3 rings (SSSR count). The number of amides is 1. The lowest BCUT2D eigenvalue weighted by atomic mass is 10.3. The minimum absolute atomic E-state index is 0.0346. The molecule has 1 aliphatic rings. The number of benzene rings is 1. The van der Waals surface area contributed by atoms with Crippen molar-refractivity contribution in [2.75, 3.05) is 20.4 Å². The monoisotopic (exact) mass is 305 g/mol. The Hall–Kier alpha value is -2.41. The van der Waals surface area contributed by atoms with Gasteiger partial charge in [-0.25, -0.2) is 9.07 Å². The third kappa shape index (κ3) is 2.67. The standard InChI is InChI=1S/C15H16FN3O3/c1-10-8-18(9-22-10)15(20)13-5-6-19(17-13)11-3-4-12(16)14(7-11)21-2/h3-7,10H,8-9H2,1-2H3/t10-/m1/s1. The Labute approximate surface area is 127 Å². The summed E-state index contributed by atoms with van der Waals surface area (Å²) in [6.45, 7) is 2.74. The molecule has 0 saturated carbocycles. The van der Waals surface area contributed by atoms with Crippen molar-refractivity contribution >= 4 is 5.91 Å². The number of nitrogens with zero attached hydrogens (tertiary/aromatic N) is 3. The van der Waals surface area contributed by atoms with E-state index in [0.29, 0.717) is 17.9 Å². The molecule has 0 radical (unpaired) electrons. The predicted octanol–water partition coefficient (Wildman–Crippen LogP) is 1.84. The van der Waals surface area contributed by atoms with Crippen molar-refractivity contribution in [3.05, 3.63) is 42.0 Å². The van der Waals surface area contributed by atoms with Gasteiger partial charge in [0.15, 0.2) is 17.3 Å². The average molecular weight is 305 g/mol. The third-order valence-electron chi connectivity index (χ3n) is 3.49. The normalized spacial score (nSPS) is 17.8. The van der Waals surface area contributed by atoms with E-state index in [2.05, 4.69) is 5.10 Å². The van der Waals surface area contributed by atoms with E-state index in [1.54, 1.807) is 23.2 Å². The Morgan fingerprint density at radius 2 is 2.27 bits per heavy atom. The highest BCUT2D eigenvalue weighted by Crippen LogP contribution is 2.21. The van der Waals surface area contributed by atoms with Crippen LogP contribution in [0, 0.1) is 5.82 Å². The summed E-state index contributed by atoms with van der Waals surface area (Å²) < 4.78 is 25.2. The SMILES string of the molecule is COc1cc(-n2ccc(C(=O)N3CO[C@H](C)C3)n2)ccc1F. The van der Waals surface area contributed by atoms with Crippen LogP contribution in [0.3, 0.4) is 0 Å². The summed E-state index contributed by atoms with van der Waals surface area (Å²) in [6, 6.07) is 6.02. The zero-order valence-electron chi connectivity index (χ0n) is 12.3. The second kappa shape index (κ2) is 5.76. The summed E-state index contributed by atoms with van der Waals surface area (Å²) in [7, 11) is 1.40. The van der Waals surface area contributed by atoms with Crippen LogP contribution in [-0.4, -0.2) is 47.1 Å². The fraction of sp³-hybridized carbons (Fsp3) is 0.333. The van der Waals surface area contributed by atoms with E-state index in [0.717, 1.165) is 0 Å². The highest BCUT2D eigenvalue weighted by Gasteiger charge is 2.26. The van der Waals surface area contributed by atoms with Crippen LogP contribution in [0.25, 0.3) is 5.69 Å². The molecule has 0 bridgehead atoms. The molecule has 0 unspecified atom stereocenters. The zero-order chi connectivity index (χ0) is 15.7. The van der Waals surface area contributed by atoms with Crippen molar-refractivity contribution in [3.8, 4) is 11.4 Å². The maximum Gasteiger partial charge on any atom is 0.276 e. The fourth-order valence-corrected chi connectivity index (χ4v) is 2.31. The fourth-order valence-electron chi connectivity index (χ4n) is 2.31. The van der Waals surface area contributed by atoms with Crippen LogP contribution in [0.1, 0.15) is 17.4 Å². The number of aromatic nitrogens is 2. The van der Waals surface area contributed by atoms with Crippen LogP contribution in [0.15, 0.2) is 30.5 Å². The first kappa shape index (κ1) is 14.5. The van der Waals surface area contributed by atoms with Gasteiger partial charge in [0, 0.05) is 18.8 Å². The van der Waals surface area contributed by atoms with Crippen LogP contribution < -0.4 is 4.74 Å². The lowest BCUT2D eigenvalue weighted by Gasteiger charge is -2.11. The Morgan fingerprint density at radius 1 is 1.45 bits per heavy atom. The van der Waals surface area contributed by atoms with Crippen molar-refractivity contribution in [2.24, 2.45) is 0 Å². The molecule has 1 aliphatic heterocycles. The van der Waals surface area contributed by atoms with Gasteiger partial charge in [-0.3, -0.25) is 4.79 Å². The minimum atomic E-state index is -0.446. The van der Waals surface area contributed by atoms with Gasteiger partial charge in [0.2, 0.25) is 0 Å². The number of hydrogen-bond acceptors (Lipinski definition) is 4. The van der Waals surface area contributed by atoms with Gasteiger partial charge in [0.25, 0.3) is 5.91 Å². The van der Waals surface area contributed by atoms with Gasteiger partial charge < -0.3 is 14.4 Å². The van der Waals surface area contributed by atoms with Crippen LogP contribution in [0.2, 0.25) is 0 Å². The van der Waals surface area contributed by atoms with E-state index in [1.165, 1.54) is 23.9 Å². The van der Waals surface area contributed by atoms with Gasteiger partial charge in [0.1, 0.15) is 6.73 Å². The van der Waals surface area contributed by atoms with Gasteiger partial charge in [-0.05, 0) is 25.1 Å². The van der Waals surface area contributed by atoms with Crippen LogP contribution in [0.4, 0.5) is 4.39 Å². The number of carbonyl (C=O) groups excluding carboxylic acids is 1. The predicted molar refractivity (Wildman–Crippen MR) is 76.5 cm³/mol. The van der Waals surface area contributed by atoms with Crippen LogP contribution >= 0.6 is 0 Å². The van der Waals surface area contributed by atoms with E-state index in [1.807, 2.05) is 6.92 Å². The second-order valence-electron chi connectivity index (χ2n) is 5.10. The second-order valence-corrected chi connectivity index (χ2v) is 5.10. The zero-order valence-corrected chi connectivity index (χ0v) is 12.3. The van der Waals surface area contributed by atoms with Crippen molar-refractivity contribution < 1.29 is 18.7 Å². The van der Waals surface area contributed by atoms with Gasteiger partial charge >= 0.3 is 0 Å². The molecule has 1 aromatic heterocycles. The Kier molecular flexibility index (Phi) is 3.81. The summed E-state index contributed by atoms with van der Waals surface area (Å²) in [5.74, 6) is -0.502. The van der Waals surface area contributed by atoms with Gasteiger partial charge in [0.05, 0.1) is 18.9 Å². The molecule has 116 valence electrons. The Bertz CT molecular complexity index is 701. The first-order valence-corrected chi connectivity index (χ1v) is 6.89. The highest BCUT2D eigenvalue weighted by molar-refractivity contribution is 5.92. The van der Waals surface area contributed by atoms with Gasteiger partial charge in [-0.2, -0.15) is 5.10 Å². The number of ether oxygens (including phenoxy) is 2. The molecule has 1 atom stereocenters. The lowest BCUT2D eigenvalue weighted by molar-refractivity contribution is 0.0645. The minimum Gasteiger partial charge on any atom is -0.494 e. The van der Waals surface area contributed by atoms with E-state index in [-0.39, 0.29) is 24.5 Å². The van der Waals surface area contributed by atoms with E-state index in [9.17, 15) is 9.18 Å². The molecule has 2 heterocycles. The molecule has 0 aliphatic carbocycles. The van der Waals surface area contributed by atoms with Crippen molar-refractivity contribution in [1.82, 2.24) is 14.7 Å². The number of methoxy groups -OCH3 is 1. The first-order chi connectivity index (χ1) is 10.6. The molecule has 2 aromatic rings. The topological polar surface area (TPSA) is 56.6 Å². The smallest absolute Gasteiger partial charge is 0.276 e. The van der Waals surface area contributed by atoms with E-state index >= 15 is 0 Å². The average Bonchev–Trinajstić information content (AvgIpc) is 3.16. The molecular weight excluding hydrogens is 289 g/mol. The molecular formula is C15H16FN3O3. The number of hydrogen-bond donors (Lipinski definition) is 0. The van der Waals surface area contributed by atoms with E-state index in [4.69, 9.17) is 9.47 Å². The molecule has 0 N–H and O–H groups in total. The summed E-state index contributed by atoms with van der Waals surface area (Å²) in [4.78, 5) is 13.9. The Morgan fingerprint density at radius 3 is 2.95 bits per heavy atom. The molecule has 6 nitrogen and oxygen atoms in total. The molecule has 1 saturated heterocycles. The molecule has 22 heavy (non-hydrogen) atoms. The maximum atomic E-state index is 13.4. The summed E-state index contributed by atoms with van der Waals surface area (Å²) in [5.41, 5.74) is 0.935. The van der Waals surface area contributed by atoms with E-state index < -0.39 is 5.82 Å². The quantitative estimate of drug-likeness (QED) is 0.868. The van der Waals surface area contributed by atoms with Crippen molar-refractivity contribution in [1.29, 1.82) is 0 Å². The molecule has 1 fully saturated rings. The van der Waals surface area contributed by atoms with Crippen molar-refractivity contribution in [3.63, 3.8) is 0 Å². The maximum absolute atomic E-state index is 13.4. The summed E-state index contributed by atoms with van der Waals surface area (Å²) in [6.07, 6.45) is 1.69. The molecule has 1 amide bonds. The number of halogens is 1. The Balaban J connectivity index is 1.83. The van der Waals surface area contributed by atoms with Crippen LogP contribution in [-0.2, 0) is 4.74 Å². The lowest BCUT2D eigenvalue weighted by Crippen LogP contribution is -2.29.